The summed E-state index contributed by atoms with van der Waals surface area (Å²) in [6.45, 7) is 1.01. The van der Waals surface area contributed by atoms with Crippen LogP contribution in [0.1, 0.15) is 25.7 Å². The van der Waals surface area contributed by atoms with Crippen molar-refractivity contribution in [2.45, 2.75) is 37.8 Å². The summed E-state index contributed by atoms with van der Waals surface area (Å²) in [5.74, 6) is 0.525. The van der Waals surface area contributed by atoms with Crippen LogP contribution in [0.3, 0.4) is 0 Å². The van der Waals surface area contributed by atoms with Crippen LogP contribution in [0.2, 0.25) is 0 Å². The molecule has 5 nitrogen and oxygen atoms in total. The van der Waals surface area contributed by atoms with Crippen LogP contribution in [-0.4, -0.2) is 52.1 Å². The molecule has 2 amide bonds. The van der Waals surface area contributed by atoms with E-state index in [0.29, 0.717) is 13.1 Å². The molecule has 0 aromatic heterocycles. The summed E-state index contributed by atoms with van der Waals surface area (Å²) < 4.78 is 0. The molecule has 88 valence electrons. The molecule has 2 aliphatic heterocycles. The summed E-state index contributed by atoms with van der Waals surface area (Å²) in [4.78, 5) is 26.4. The van der Waals surface area contributed by atoms with Crippen molar-refractivity contribution in [3.63, 3.8) is 0 Å². The predicted octanol–water partition coefficient (Wildman–Crippen LogP) is 0.750. The van der Waals surface area contributed by atoms with Crippen molar-refractivity contribution in [1.29, 1.82) is 0 Å². The van der Waals surface area contributed by atoms with Gasteiger partial charge in [0, 0.05) is 31.1 Å². The van der Waals surface area contributed by atoms with Gasteiger partial charge in [0.1, 0.15) is 0 Å². The summed E-state index contributed by atoms with van der Waals surface area (Å²) in [5.41, 5.74) is 0. The molecule has 1 saturated carbocycles. The van der Waals surface area contributed by atoms with Gasteiger partial charge in [0.05, 0.1) is 0 Å². The van der Waals surface area contributed by atoms with Crippen molar-refractivity contribution in [3.8, 4) is 0 Å². The van der Waals surface area contributed by atoms with Crippen LogP contribution >= 0.6 is 0 Å². The zero-order valence-corrected chi connectivity index (χ0v) is 9.13. The maximum Gasteiger partial charge on any atom is 0.407 e. The van der Waals surface area contributed by atoms with Crippen LogP contribution in [0.15, 0.2) is 0 Å². The predicted molar refractivity (Wildman–Crippen MR) is 56.0 cm³/mol. The first-order valence-electron chi connectivity index (χ1n) is 5.97. The number of piperazine rings is 1. The van der Waals surface area contributed by atoms with Gasteiger partial charge in [-0.2, -0.15) is 0 Å². The Morgan fingerprint density at radius 3 is 2.00 bits per heavy atom. The van der Waals surface area contributed by atoms with Gasteiger partial charge >= 0.3 is 6.09 Å². The minimum atomic E-state index is -0.851. The van der Waals surface area contributed by atoms with Crippen LogP contribution in [0, 0.1) is 5.92 Å². The van der Waals surface area contributed by atoms with Gasteiger partial charge in [0.2, 0.25) is 5.91 Å². The normalized spacial score (nSPS) is 33.0. The van der Waals surface area contributed by atoms with Crippen molar-refractivity contribution >= 4 is 12.0 Å². The second-order valence-electron chi connectivity index (χ2n) is 5.09. The number of amides is 2. The maximum atomic E-state index is 12.1. The number of hydrogen-bond donors (Lipinski definition) is 1. The second-order valence-corrected chi connectivity index (χ2v) is 5.09. The molecular formula is C11H16N2O3. The third kappa shape index (κ3) is 1.45. The summed E-state index contributed by atoms with van der Waals surface area (Å²) in [7, 11) is 0. The molecule has 2 bridgehead atoms. The maximum absolute atomic E-state index is 12.1. The molecule has 2 saturated heterocycles. The summed E-state index contributed by atoms with van der Waals surface area (Å²) in [6.07, 6.45) is 3.13. The van der Waals surface area contributed by atoms with Gasteiger partial charge in [0.25, 0.3) is 0 Å². The van der Waals surface area contributed by atoms with Gasteiger partial charge in [0.15, 0.2) is 0 Å². The molecule has 0 radical (unpaired) electrons. The number of carboxylic acid groups (broad SMARTS) is 1. The van der Waals surface area contributed by atoms with E-state index >= 15 is 0 Å². The summed E-state index contributed by atoms with van der Waals surface area (Å²) in [6, 6.07) is 0.283. The zero-order chi connectivity index (χ0) is 11.3. The first-order valence-corrected chi connectivity index (χ1v) is 5.97. The number of hydrogen-bond acceptors (Lipinski definition) is 2. The van der Waals surface area contributed by atoms with E-state index in [1.54, 1.807) is 0 Å². The van der Waals surface area contributed by atoms with Crippen molar-refractivity contribution in [3.05, 3.63) is 0 Å². The Kier molecular flexibility index (Phi) is 2.09. The highest BCUT2D eigenvalue weighted by Gasteiger charge is 2.47. The van der Waals surface area contributed by atoms with Crippen molar-refractivity contribution in [2.75, 3.05) is 13.1 Å². The number of carbonyl (C=O) groups excluding carboxylic acids is 1. The van der Waals surface area contributed by atoms with Gasteiger partial charge in [-0.1, -0.05) is 0 Å². The fourth-order valence-corrected chi connectivity index (χ4v) is 2.96. The van der Waals surface area contributed by atoms with Gasteiger partial charge in [-0.15, -0.1) is 0 Å². The smallest absolute Gasteiger partial charge is 0.407 e. The van der Waals surface area contributed by atoms with Crippen LogP contribution in [-0.2, 0) is 4.79 Å². The van der Waals surface area contributed by atoms with Gasteiger partial charge in [-0.05, 0) is 25.7 Å². The molecule has 0 spiro atoms. The molecule has 2 unspecified atom stereocenters. The Bertz CT molecular complexity index is 326. The van der Waals surface area contributed by atoms with Gasteiger partial charge in [-0.25, -0.2) is 4.79 Å². The fraction of sp³-hybridized carbons (Fsp3) is 0.818. The zero-order valence-electron chi connectivity index (χ0n) is 9.13. The lowest BCUT2D eigenvalue weighted by Crippen LogP contribution is -2.57. The fourth-order valence-electron chi connectivity index (χ4n) is 2.96. The van der Waals surface area contributed by atoms with Crippen molar-refractivity contribution in [2.24, 2.45) is 5.92 Å². The number of nitrogens with zero attached hydrogens (tertiary/aromatic N) is 2. The van der Waals surface area contributed by atoms with E-state index in [0.717, 1.165) is 25.7 Å². The molecule has 0 aromatic rings. The first kappa shape index (κ1) is 9.93. The van der Waals surface area contributed by atoms with E-state index < -0.39 is 6.09 Å². The standard InChI is InChI=1S/C11H16N2O3/c14-10(7-1-2-7)13-8-3-4-9(13)6-12(5-8)11(15)16/h7-9H,1-6H2,(H,15,16). The first-order chi connectivity index (χ1) is 7.66. The van der Waals surface area contributed by atoms with E-state index in [-0.39, 0.29) is 23.9 Å². The molecule has 3 fully saturated rings. The van der Waals surface area contributed by atoms with E-state index in [4.69, 9.17) is 5.11 Å². The summed E-state index contributed by atoms with van der Waals surface area (Å²) in [5, 5.41) is 8.97. The Morgan fingerprint density at radius 1 is 1.00 bits per heavy atom. The Morgan fingerprint density at radius 2 is 1.56 bits per heavy atom. The molecule has 16 heavy (non-hydrogen) atoms. The Balaban J connectivity index is 1.74. The summed E-state index contributed by atoms with van der Waals surface area (Å²) >= 11 is 0. The van der Waals surface area contributed by atoms with E-state index in [2.05, 4.69) is 0 Å². The third-order valence-corrected chi connectivity index (χ3v) is 3.93. The van der Waals surface area contributed by atoms with Crippen LogP contribution in [0.4, 0.5) is 4.79 Å². The molecule has 5 heteroatoms. The van der Waals surface area contributed by atoms with E-state index in [1.807, 2.05) is 4.90 Å². The highest BCUT2D eigenvalue weighted by Crippen LogP contribution is 2.37. The molecule has 2 heterocycles. The van der Waals surface area contributed by atoms with Crippen LogP contribution in [0.5, 0.6) is 0 Å². The number of carbonyl (C=O) groups is 2. The molecule has 2 atom stereocenters. The molecule has 3 aliphatic rings. The van der Waals surface area contributed by atoms with Crippen LogP contribution in [0.25, 0.3) is 0 Å². The number of rotatable bonds is 1. The average molecular weight is 224 g/mol. The van der Waals surface area contributed by atoms with Gasteiger partial charge < -0.3 is 14.9 Å². The van der Waals surface area contributed by atoms with Crippen LogP contribution < -0.4 is 0 Å². The quantitative estimate of drug-likeness (QED) is 0.715. The van der Waals surface area contributed by atoms with Crippen molar-refractivity contribution < 1.29 is 14.7 Å². The van der Waals surface area contributed by atoms with E-state index in [9.17, 15) is 9.59 Å². The Labute approximate surface area is 94.0 Å². The minimum Gasteiger partial charge on any atom is -0.465 e. The third-order valence-electron chi connectivity index (χ3n) is 3.93. The lowest BCUT2D eigenvalue weighted by molar-refractivity contribution is -0.138. The number of likely N-dealkylation sites (tertiary alicyclic amines) is 1. The minimum absolute atomic E-state index is 0.142. The highest BCUT2D eigenvalue weighted by molar-refractivity contribution is 5.82. The number of fused-ring (bicyclic) bond motifs is 2. The van der Waals surface area contributed by atoms with Gasteiger partial charge in [-0.3, -0.25) is 4.79 Å². The average Bonchev–Trinajstić information content (AvgIpc) is 3.04. The molecule has 0 aromatic carbocycles. The highest BCUT2D eigenvalue weighted by atomic mass is 16.4. The topological polar surface area (TPSA) is 60.9 Å². The van der Waals surface area contributed by atoms with E-state index in [1.165, 1.54) is 4.90 Å². The Hall–Kier alpha value is -1.26. The molecule has 1 aliphatic carbocycles. The molecular weight excluding hydrogens is 208 g/mol. The molecule has 3 rings (SSSR count). The second kappa shape index (κ2) is 3.37. The van der Waals surface area contributed by atoms with Crippen molar-refractivity contribution in [1.82, 2.24) is 9.80 Å². The lowest BCUT2D eigenvalue weighted by atomic mass is 10.1. The largest absolute Gasteiger partial charge is 0.465 e. The SMILES string of the molecule is O=C(O)N1CC2CCC(C1)N2C(=O)C1CC1. The lowest BCUT2D eigenvalue weighted by Gasteiger charge is -2.40. The monoisotopic (exact) mass is 224 g/mol. The molecule has 1 N–H and O–H groups in total.